The highest BCUT2D eigenvalue weighted by Gasteiger charge is 2.40. The summed E-state index contributed by atoms with van der Waals surface area (Å²) in [6, 6.07) is 0.255. The minimum atomic E-state index is -3.22. The van der Waals surface area contributed by atoms with Crippen LogP contribution < -0.4 is 10.1 Å². The quantitative estimate of drug-likeness (QED) is 0.292. The van der Waals surface area contributed by atoms with Crippen molar-refractivity contribution in [2.45, 2.75) is 103 Å². The number of aryl methyl sites for hydroxylation is 1. The van der Waals surface area contributed by atoms with E-state index in [9.17, 15) is 9.36 Å². The molecule has 8 nitrogen and oxygen atoms in total. The molecular formula is C27H46N3O5P. The second-order valence-electron chi connectivity index (χ2n) is 10.9. The van der Waals surface area contributed by atoms with Crippen molar-refractivity contribution in [3.63, 3.8) is 0 Å². The Hall–Kier alpha value is -1.37. The molecule has 0 bridgehead atoms. The fraction of sp³-hybridized carbons (Fsp3) is 0.852. The van der Waals surface area contributed by atoms with Gasteiger partial charge in [0.25, 0.3) is 5.91 Å². The molecule has 3 aliphatic carbocycles. The van der Waals surface area contributed by atoms with Gasteiger partial charge in [-0.1, -0.05) is 51.4 Å². The van der Waals surface area contributed by atoms with E-state index < -0.39 is 7.60 Å². The van der Waals surface area contributed by atoms with E-state index in [0.29, 0.717) is 49.6 Å². The van der Waals surface area contributed by atoms with Gasteiger partial charge in [-0.3, -0.25) is 9.36 Å². The Labute approximate surface area is 216 Å². The molecule has 204 valence electrons. The first-order chi connectivity index (χ1) is 17.5. The van der Waals surface area contributed by atoms with Crippen molar-refractivity contribution in [3.05, 3.63) is 11.8 Å². The number of amides is 1. The van der Waals surface area contributed by atoms with Gasteiger partial charge in [-0.25, -0.2) is 4.68 Å². The number of nitrogens with one attached hydrogen (secondary N) is 1. The summed E-state index contributed by atoms with van der Waals surface area (Å²) in [5.41, 5.74) is 0.469. The van der Waals surface area contributed by atoms with Crippen molar-refractivity contribution in [1.29, 1.82) is 0 Å². The Bertz CT molecular complexity index is 869. The van der Waals surface area contributed by atoms with Crippen LogP contribution in [0.4, 0.5) is 0 Å². The number of carbonyl (C=O) groups excluding carboxylic acids is 1. The van der Waals surface area contributed by atoms with Crippen LogP contribution in [0.1, 0.15) is 101 Å². The lowest BCUT2D eigenvalue weighted by molar-refractivity contribution is 0.0941. The van der Waals surface area contributed by atoms with Crippen molar-refractivity contribution in [3.8, 4) is 5.88 Å². The molecule has 9 heteroatoms. The highest BCUT2D eigenvalue weighted by Crippen LogP contribution is 2.48. The van der Waals surface area contributed by atoms with E-state index in [1.165, 1.54) is 57.8 Å². The maximum absolute atomic E-state index is 13.3. The van der Waals surface area contributed by atoms with Gasteiger partial charge >= 0.3 is 7.60 Å². The van der Waals surface area contributed by atoms with Gasteiger partial charge in [0.2, 0.25) is 5.88 Å². The summed E-state index contributed by atoms with van der Waals surface area (Å²) in [5, 5.41) is 7.70. The summed E-state index contributed by atoms with van der Waals surface area (Å²) >= 11 is 0. The Morgan fingerprint density at radius 2 is 1.67 bits per heavy atom. The van der Waals surface area contributed by atoms with Crippen LogP contribution in [0.3, 0.4) is 0 Å². The Balaban J connectivity index is 1.39. The van der Waals surface area contributed by atoms with Gasteiger partial charge < -0.3 is 19.1 Å². The van der Waals surface area contributed by atoms with E-state index in [0.717, 1.165) is 25.2 Å². The van der Waals surface area contributed by atoms with E-state index in [4.69, 9.17) is 13.8 Å². The maximum Gasteiger partial charge on any atom is 0.332 e. The molecule has 2 atom stereocenters. The zero-order valence-corrected chi connectivity index (χ0v) is 23.2. The van der Waals surface area contributed by atoms with Gasteiger partial charge in [-0.2, -0.15) is 5.10 Å². The molecule has 1 aromatic heterocycles. The minimum absolute atomic E-state index is 0.117. The third-order valence-electron chi connectivity index (χ3n) is 8.05. The monoisotopic (exact) mass is 523 g/mol. The summed E-state index contributed by atoms with van der Waals surface area (Å²) in [7, 11) is -3.22. The van der Waals surface area contributed by atoms with Crippen molar-refractivity contribution < 1.29 is 23.1 Å². The standard InChI is InChI=1S/C27H46N3O5P/c1-3-34-36(32,35-4-2)16-15-30-27(33-20-22-13-9-6-10-14-22)24(19-28-30)26(31)29-25-18-23(25)17-21-11-7-5-8-12-21/h19,21-23,25H,3-18,20H2,1-2H3,(H,29,31). The fourth-order valence-electron chi connectivity index (χ4n) is 5.95. The highest BCUT2D eigenvalue weighted by molar-refractivity contribution is 7.53. The predicted octanol–water partition coefficient (Wildman–Crippen LogP) is 6.20. The molecule has 3 saturated carbocycles. The molecule has 4 rings (SSSR count). The molecule has 0 aromatic carbocycles. The summed E-state index contributed by atoms with van der Waals surface area (Å²) in [6.07, 6.45) is 16.9. The van der Waals surface area contributed by atoms with Gasteiger partial charge in [-0.15, -0.1) is 0 Å². The fourth-order valence-corrected chi connectivity index (χ4v) is 7.50. The van der Waals surface area contributed by atoms with Crippen LogP contribution in [0.5, 0.6) is 5.88 Å². The van der Waals surface area contributed by atoms with E-state index in [-0.39, 0.29) is 18.1 Å². The Kier molecular flexibility index (Phi) is 10.3. The van der Waals surface area contributed by atoms with Gasteiger partial charge in [-0.05, 0) is 57.3 Å². The van der Waals surface area contributed by atoms with Crippen molar-refractivity contribution in [2.75, 3.05) is 26.0 Å². The van der Waals surface area contributed by atoms with E-state index in [1.807, 2.05) is 0 Å². The number of aromatic nitrogens is 2. The number of ether oxygens (including phenoxy) is 1. The van der Waals surface area contributed by atoms with Crippen LogP contribution in [-0.4, -0.2) is 47.7 Å². The summed E-state index contributed by atoms with van der Waals surface area (Å²) < 4.78 is 31.8. The zero-order chi connectivity index (χ0) is 25.4. The van der Waals surface area contributed by atoms with Gasteiger partial charge in [0.1, 0.15) is 5.56 Å². The molecule has 36 heavy (non-hydrogen) atoms. The van der Waals surface area contributed by atoms with Crippen LogP contribution in [0.15, 0.2) is 6.20 Å². The Morgan fingerprint density at radius 1 is 1.03 bits per heavy atom. The average Bonchev–Trinajstić information content (AvgIpc) is 3.46. The van der Waals surface area contributed by atoms with Crippen LogP contribution in [-0.2, 0) is 20.2 Å². The largest absolute Gasteiger partial charge is 0.477 e. The summed E-state index contributed by atoms with van der Waals surface area (Å²) in [6.45, 7) is 5.13. The molecule has 0 radical (unpaired) electrons. The molecule has 3 fully saturated rings. The van der Waals surface area contributed by atoms with Crippen molar-refractivity contribution in [2.24, 2.45) is 17.8 Å². The molecule has 0 saturated heterocycles. The van der Waals surface area contributed by atoms with E-state index in [1.54, 1.807) is 24.7 Å². The molecule has 1 heterocycles. The topological polar surface area (TPSA) is 91.7 Å². The third-order valence-corrected chi connectivity index (χ3v) is 10.1. The predicted molar refractivity (Wildman–Crippen MR) is 141 cm³/mol. The summed E-state index contributed by atoms with van der Waals surface area (Å²) in [5.74, 6) is 2.28. The number of hydrogen-bond donors (Lipinski definition) is 1. The first kappa shape index (κ1) is 27.7. The molecule has 1 aromatic rings. The van der Waals surface area contributed by atoms with Crippen LogP contribution in [0, 0.1) is 17.8 Å². The van der Waals surface area contributed by atoms with Gasteiger partial charge in [0.05, 0.1) is 38.7 Å². The molecule has 3 aliphatic rings. The molecule has 1 N–H and O–H groups in total. The molecule has 0 aliphatic heterocycles. The second kappa shape index (κ2) is 13.4. The van der Waals surface area contributed by atoms with Gasteiger partial charge in [0.15, 0.2) is 0 Å². The zero-order valence-electron chi connectivity index (χ0n) is 22.3. The highest BCUT2D eigenvalue weighted by atomic mass is 31.2. The molecule has 2 unspecified atom stereocenters. The maximum atomic E-state index is 13.3. The van der Waals surface area contributed by atoms with E-state index in [2.05, 4.69) is 10.4 Å². The average molecular weight is 524 g/mol. The Morgan fingerprint density at radius 3 is 2.31 bits per heavy atom. The molecular weight excluding hydrogens is 477 g/mol. The lowest BCUT2D eigenvalue weighted by atomic mass is 9.85. The van der Waals surface area contributed by atoms with Crippen LogP contribution >= 0.6 is 7.60 Å². The first-order valence-corrected chi connectivity index (χ1v) is 16.1. The normalized spacial score (nSPS) is 23.5. The lowest BCUT2D eigenvalue weighted by Gasteiger charge is -2.22. The van der Waals surface area contributed by atoms with E-state index >= 15 is 0 Å². The molecule has 1 amide bonds. The lowest BCUT2D eigenvalue weighted by Crippen LogP contribution is -2.28. The van der Waals surface area contributed by atoms with Crippen molar-refractivity contribution >= 4 is 13.5 Å². The molecule has 0 spiro atoms. The second-order valence-corrected chi connectivity index (χ2v) is 13.1. The number of rotatable bonds is 14. The van der Waals surface area contributed by atoms with Crippen molar-refractivity contribution in [1.82, 2.24) is 15.1 Å². The van der Waals surface area contributed by atoms with Crippen LogP contribution in [0.25, 0.3) is 0 Å². The number of carbonyl (C=O) groups is 1. The minimum Gasteiger partial charge on any atom is -0.477 e. The van der Waals surface area contributed by atoms with Gasteiger partial charge in [0, 0.05) is 6.04 Å². The third kappa shape index (κ3) is 7.82. The smallest absolute Gasteiger partial charge is 0.332 e. The van der Waals surface area contributed by atoms with Crippen LogP contribution in [0.2, 0.25) is 0 Å². The SMILES string of the molecule is CCOP(=O)(CCn1ncc(C(=O)NC2CC2CC2CCCCC2)c1OCC1CCCCC1)OCC. The first-order valence-electron chi connectivity index (χ1n) is 14.4. The number of nitrogens with zero attached hydrogens (tertiary/aromatic N) is 2. The number of hydrogen-bond acceptors (Lipinski definition) is 6. The summed E-state index contributed by atoms with van der Waals surface area (Å²) in [4.78, 5) is 13.3.